The fraction of sp³-hybridized carbons (Fsp3) is 0.250. The third-order valence-electron chi connectivity index (χ3n) is 1.78. The third-order valence-corrected chi connectivity index (χ3v) is 1.78. The Kier molecular flexibility index (Phi) is 4.06. The summed E-state index contributed by atoms with van der Waals surface area (Å²) in [5.74, 6) is 6.47. The number of ether oxygens (including phenoxy) is 2. The van der Waals surface area contributed by atoms with E-state index in [1.807, 2.05) is 6.07 Å². The number of hydrogen-bond acceptors (Lipinski definition) is 3. The van der Waals surface area contributed by atoms with Crippen molar-refractivity contribution in [3.63, 3.8) is 0 Å². The maximum atomic E-state index is 8.87. The van der Waals surface area contributed by atoms with E-state index in [0.717, 1.165) is 0 Å². The zero-order valence-electron chi connectivity index (χ0n) is 8.70. The Hall–Kier alpha value is -2.13. The molecule has 0 N–H and O–H groups in total. The fourth-order valence-electron chi connectivity index (χ4n) is 1.09. The molecule has 0 atom stereocenters. The number of nitrogens with zero attached hydrogens (tertiary/aromatic N) is 1. The standard InChI is InChI=1S/C12H11NO2/c1-3-4-8-15-12-10(9-13)6-5-7-11(12)14-2/h5-7H,8H2,1-2H3. The molecule has 0 bridgehead atoms. The van der Waals surface area contributed by atoms with Crippen LogP contribution in [0.4, 0.5) is 0 Å². The number of para-hydroxylation sites is 1. The molecule has 0 aliphatic carbocycles. The highest BCUT2D eigenvalue weighted by Crippen LogP contribution is 2.30. The van der Waals surface area contributed by atoms with Crippen molar-refractivity contribution in [1.29, 1.82) is 5.26 Å². The summed E-state index contributed by atoms with van der Waals surface area (Å²) < 4.78 is 10.5. The van der Waals surface area contributed by atoms with Crippen molar-refractivity contribution in [2.24, 2.45) is 0 Å². The Morgan fingerprint density at radius 3 is 2.80 bits per heavy atom. The van der Waals surface area contributed by atoms with Gasteiger partial charge in [0, 0.05) is 0 Å². The first kappa shape index (κ1) is 10.9. The first-order valence-corrected chi connectivity index (χ1v) is 4.43. The lowest BCUT2D eigenvalue weighted by molar-refractivity contribution is 0.330. The van der Waals surface area contributed by atoms with Gasteiger partial charge < -0.3 is 9.47 Å². The van der Waals surface area contributed by atoms with Crippen LogP contribution in [0.25, 0.3) is 0 Å². The molecule has 0 spiro atoms. The zero-order valence-corrected chi connectivity index (χ0v) is 8.70. The molecule has 0 heterocycles. The molecule has 1 rings (SSSR count). The lowest BCUT2D eigenvalue weighted by atomic mass is 10.2. The Morgan fingerprint density at radius 1 is 1.40 bits per heavy atom. The molecule has 0 aliphatic heterocycles. The predicted octanol–water partition coefficient (Wildman–Crippen LogP) is 1.97. The lowest BCUT2D eigenvalue weighted by Crippen LogP contribution is -1.99. The average molecular weight is 201 g/mol. The maximum Gasteiger partial charge on any atom is 0.180 e. The first-order valence-electron chi connectivity index (χ1n) is 4.43. The van der Waals surface area contributed by atoms with Crippen LogP contribution in [-0.4, -0.2) is 13.7 Å². The Labute approximate surface area is 89.2 Å². The number of rotatable bonds is 3. The lowest BCUT2D eigenvalue weighted by Gasteiger charge is -2.09. The predicted molar refractivity (Wildman–Crippen MR) is 56.7 cm³/mol. The van der Waals surface area contributed by atoms with Crippen LogP contribution in [0.3, 0.4) is 0 Å². The van der Waals surface area contributed by atoms with Gasteiger partial charge in [-0.3, -0.25) is 0 Å². The highest BCUT2D eigenvalue weighted by molar-refractivity contribution is 5.52. The van der Waals surface area contributed by atoms with Gasteiger partial charge in [0.05, 0.1) is 12.7 Å². The van der Waals surface area contributed by atoms with E-state index in [4.69, 9.17) is 14.7 Å². The molecule has 0 amide bonds. The van der Waals surface area contributed by atoms with Gasteiger partial charge in [0.2, 0.25) is 0 Å². The van der Waals surface area contributed by atoms with E-state index in [-0.39, 0.29) is 6.61 Å². The summed E-state index contributed by atoms with van der Waals surface area (Å²) in [6.07, 6.45) is 0. The minimum atomic E-state index is 0.256. The summed E-state index contributed by atoms with van der Waals surface area (Å²) in [7, 11) is 1.54. The first-order chi connectivity index (χ1) is 7.33. The van der Waals surface area contributed by atoms with Crippen molar-refractivity contribution in [3.8, 4) is 29.4 Å². The number of benzene rings is 1. The monoisotopic (exact) mass is 201 g/mol. The maximum absolute atomic E-state index is 8.87. The van der Waals surface area contributed by atoms with Crippen LogP contribution < -0.4 is 9.47 Å². The highest BCUT2D eigenvalue weighted by Gasteiger charge is 2.08. The molecule has 3 heteroatoms. The normalized spacial score (nSPS) is 8.33. The molecule has 0 aliphatic rings. The van der Waals surface area contributed by atoms with Gasteiger partial charge >= 0.3 is 0 Å². The van der Waals surface area contributed by atoms with E-state index in [2.05, 4.69) is 11.8 Å². The van der Waals surface area contributed by atoms with Gasteiger partial charge in [-0.05, 0) is 19.1 Å². The largest absolute Gasteiger partial charge is 0.493 e. The molecule has 0 saturated heterocycles. The summed E-state index contributed by atoms with van der Waals surface area (Å²) in [4.78, 5) is 0. The van der Waals surface area contributed by atoms with Crippen molar-refractivity contribution in [3.05, 3.63) is 23.8 Å². The summed E-state index contributed by atoms with van der Waals surface area (Å²) in [6.45, 7) is 1.99. The smallest absolute Gasteiger partial charge is 0.180 e. The fourth-order valence-corrected chi connectivity index (χ4v) is 1.09. The van der Waals surface area contributed by atoms with Crippen LogP contribution in [0.2, 0.25) is 0 Å². The van der Waals surface area contributed by atoms with Gasteiger partial charge in [-0.1, -0.05) is 12.0 Å². The quantitative estimate of drug-likeness (QED) is 0.702. The summed E-state index contributed by atoms with van der Waals surface area (Å²) in [6, 6.07) is 7.21. The topological polar surface area (TPSA) is 42.2 Å². The molecule has 3 nitrogen and oxygen atoms in total. The van der Waals surface area contributed by atoms with Crippen molar-refractivity contribution in [2.45, 2.75) is 6.92 Å². The summed E-state index contributed by atoms with van der Waals surface area (Å²) in [5.41, 5.74) is 0.451. The van der Waals surface area contributed by atoms with Crippen LogP contribution in [0.15, 0.2) is 18.2 Å². The van der Waals surface area contributed by atoms with Crippen LogP contribution in [0.1, 0.15) is 12.5 Å². The Morgan fingerprint density at radius 2 is 2.20 bits per heavy atom. The third kappa shape index (κ3) is 2.65. The minimum Gasteiger partial charge on any atom is -0.493 e. The molecule has 1 aromatic rings. The van der Waals surface area contributed by atoms with Crippen LogP contribution in [0, 0.1) is 23.2 Å². The molecular weight excluding hydrogens is 190 g/mol. The molecule has 0 aromatic heterocycles. The molecule has 76 valence electrons. The van der Waals surface area contributed by atoms with Crippen molar-refractivity contribution in [2.75, 3.05) is 13.7 Å². The summed E-state index contributed by atoms with van der Waals surface area (Å²) in [5, 5.41) is 8.87. The molecule has 0 fully saturated rings. The van der Waals surface area contributed by atoms with E-state index in [0.29, 0.717) is 17.1 Å². The van der Waals surface area contributed by atoms with Crippen LogP contribution in [0.5, 0.6) is 11.5 Å². The zero-order chi connectivity index (χ0) is 11.1. The molecular formula is C12H11NO2. The minimum absolute atomic E-state index is 0.256. The van der Waals surface area contributed by atoms with Gasteiger partial charge in [-0.15, -0.1) is 5.92 Å². The van der Waals surface area contributed by atoms with E-state index in [1.165, 1.54) is 7.11 Å². The number of nitriles is 1. The van der Waals surface area contributed by atoms with Gasteiger partial charge in [-0.2, -0.15) is 5.26 Å². The van der Waals surface area contributed by atoms with E-state index >= 15 is 0 Å². The van der Waals surface area contributed by atoms with Gasteiger partial charge in [0.1, 0.15) is 12.7 Å². The van der Waals surface area contributed by atoms with E-state index < -0.39 is 0 Å². The number of methoxy groups -OCH3 is 1. The van der Waals surface area contributed by atoms with Gasteiger partial charge in [0.25, 0.3) is 0 Å². The second-order valence-corrected chi connectivity index (χ2v) is 2.66. The van der Waals surface area contributed by atoms with Crippen molar-refractivity contribution >= 4 is 0 Å². The van der Waals surface area contributed by atoms with Crippen molar-refractivity contribution < 1.29 is 9.47 Å². The Balaban J connectivity index is 2.99. The van der Waals surface area contributed by atoms with Gasteiger partial charge in [-0.25, -0.2) is 0 Å². The molecule has 0 unspecified atom stereocenters. The second kappa shape index (κ2) is 5.57. The molecule has 1 aromatic carbocycles. The van der Waals surface area contributed by atoms with Crippen molar-refractivity contribution in [1.82, 2.24) is 0 Å². The van der Waals surface area contributed by atoms with E-state index in [9.17, 15) is 0 Å². The highest BCUT2D eigenvalue weighted by atomic mass is 16.5. The van der Waals surface area contributed by atoms with E-state index in [1.54, 1.807) is 25.1 Å². The molecule has 0 saturated carbocycles. The second-order valence-electron chi connectivity index (χ2n) is 2.66. The van der Waals surface area contributed by atoms with Crippen LogP contribution >= 0.6 is 0 Å². The molecule has 15 heavy (non-hydrogen) atoms. The molecule has 0 radical (unpaired) electrons. The van der Waals surface area contributed by atoms with Gasteiger partial charge in [0.15, 0.2) is 11.5 Å². The average Bonchev–Trinajstić information content (AvgIpc) is 2.29. The van der Waals surface area contributed by atoms with Crippen LogP contribution in [-0.2, 0) is 0 Å². The SMILES string of the molecule is CC#CCOc1c(C#N)cccc1OC. The summed E-state index contributed by atoms with van der Waals surface area (Å²) >= 11 is 0. The number of hydrogen-bond donors (Lipinski definition) is 0. The Bertz CT molecular complexity index is 435.